The Morgan fingerprint density at radius 1 is 1.25 bits per heavy atom. The van der Waals surface area contributed by atoms with E-state index in [9.17, 15) is 4.79 Å². The smallest absolute Gasteiger partial charge is 0.323 e. The molecule has 1 aromatic heterocycles. The van der Waals surface area contributed by atoms with Crippen molar-refractivity contribution in [3.8, 4) is 11.5 Å². The van der Waals surface area contributed by atoms with Crippen molar-refractivity contribution in [3.63, 3.8) is 0 Å². The number of nitrogens with one attached hydrogen (secondary N) is 1. The zero-order chi connectivity index (χ0) is 16.8. The fraction of sp³-hybridized carbons (Fsp3) is 0.333. The number of benzene rings is 1. The molecule has 24 heavy (non-hydrogen) atoms. The van der Waals surface area contributed by atoms with E-state index in [0.29, 0.717) is 31.3 Å². The lowest BCUT2D eigenvalue weighted by molar-refractivity contribution is 0.0716. The zero-order valence-corrected chi connectivity index (χ0v) is 13.6. The Morgan fingerprint density at radius 2 is 2.08 bits per heavy atom. The molecule has 6 heteroatoms. The van der Waals surface area contributed by atoms with Crippen LogP contribution >= 0.6 is 0 Å². The Balaban J connectivity index is 1.53. The molecule has 0 bridgehead atoms. The van der Waals surface area contributed by atoms with E-state index in [1.165, 1.54) is 0 Å². The molecule has 1 N–H and O–H groups in total. The number of carbonyl (C=O) groups excluding carboxylic acids is 1. The van der Waals surface area contributed by atoms with E-state index in [2.05, 4.69) is 10.3 Å². The minimum absolute atomic E-state index is 0.135. The van der Waals surface area contributed by atoms with Gasteiger partial charge in [0.2, 0.25) is 0 Å². The molecule has 2 amide bonds. The van der Waals surface area contributed by atoms with Gasteiger partial charge in [0.25, 0.3) is 0 Å². The quantitative estimate of drug-likeness (QED) is 0.912. The number of ether oxygens (including phenoxy) is 2. The molecule has 1 aromatic carbocycles. The Bertz CT molecular complexity index is 661. The third-order valence-corrected chi connectivity index (χ3v) is 3.78. The molecule has 1 fully saturated rings. The fourth-order valence-corrected chi connectivity index (χ4v) is 2.61. The van der Waals surface area contributed by atoms with Gasteiger partial charge < -0.3 is 14.4 Å². The van der Waals surface area contributed by atoms with Crippen LogP contribution in [-0.2, 0) is 4.74 Å². The molecule has 1 atom stereocenters. The number of carbonyl (C=O) groups is 1. The first kappa shape index (κ1) is 16.3. The third-order valence-electron chi connectivity index (χ3n) is 3.78. The summed E-state index contributed by atoms with van der Waals surface area (Å²) in [6.07, 6.45) is 2.60. The van der Waals surface area contributed by atoms with Crippen LogP contribution in [0.5, 0.6) is 11.5 Å². The number of hydrogen-bond donors (Lipinski definition) is 1. The van der Waals surface area contributed by atoms with Gasteiger partial charge >= 0.3 is 6.03 Å². The van der Waals surface area contributed by atoms with Gasteiger partial charge in [0.05, 0.1) is 12.3 Å². The van der Waals surface area contributed by atoms with Gasteiger partial charge in [0, 0.05) is 19.7 Å². The lowest BCUT2D eigenvalue weighted by Crippen LogP contribution is -2.34. The number of aromatic nitrogens is 1. The highest BCUT2D eigenvalue weighted by atomic mass is 16.5. The van der Waals surface area contributed by atoms with Crippen LogP contribution in [-0.4, -0.2) is 41.7 Å². The Labute approximate surface area is 141 Å². The first-order chi connectivity index (χ1) is 11.7. The standard InChI is InChI=1S/C18H21N3O3/c1-2-23-16-10-11-21(13-16)18(22)20-17-9-8-15(12-19-17)24-14-6-4-3-5-7-14/h3-9,12,16H,2,10-11,13H2,1H3,(H,19,20,22)/t16-/m0/s1. The molecule has 0 aliphatic carbocycles. The van der Waals surface area contributed by atoms with Crippen molar-refractivity contribution in [1.29, 1.82) is 0 Å². The number of amides is 2. The van der Waals surface area contributed by atoms with Gasteiger partial charge in [-0.1, -0.05) is 18.2 Å². The molecule has 0 saturated carbocycles. The van der Waals surface area contributed by atoms with Gasteiger partial charge in [-0.3, -0.25) is 5.32 Å². The Hall–Kier alpha value is -2.60. The van der Waals surface area contributed by atoms with E-state index >= 15 is 0 Å². The summed E-state index contributed by atoms with van der Waals surface area (Å²) in [4.78, 5) is 18.2. The molecule has 6 nitrogen and oxygen atoms in total. The average Bonchev–Trinajstić information content (AvgIpc) is 3.07. The van der Waals surface area contributed by atoms with Crippen LogP contribution in [0.2, 0.25) is 0 Å². The average molecular weight is 327 g/mol. The van der Waals surface area contributed by atoms with Crippen LogP contribution in [0.3, 0.4) is 0 Å². The van der Waals surface area contributed by atoms with E-state index in [1.807, 2.05) is 37.3 Å². The van der Waals surface area contributed by atoms with Crippen molar-refractivity contribution in [3.05, 3.63) is 48.7 Å². The van der Waals surface area contributed by atoms with Gasteiger partial charge in [-0.2, -0.15) is 0 Å². The number of anilines is 1. The van der Waals surface area contributed by atoms with Crippen LogP contribution in [0.1, 0.15) is 13.3 Å². The van der Waals surface area contributed by atoms with Gasteiger partial charge in [-0.15, -0.1) is 0 Å². The summed E-state index contributed by atoms with van der Waals surface area (Å²) in [6.45, 7) is 3.96. The van der Waals surface area contributed by atoms with Gasteiger partial charge in [0.15, 0.2) is 0 Å². The minimum atomic E-state index is -0.151. The number of para-hydroxylation sites is 1. The highest BCUT2D eigenvalue weighted by Gasteiger charge is 2.26. The maximum atomic E-state index is 12.2. The second-order valence-electron chi connectivity index (χ2n) is 5.54. The number of pyridine rings is 1. The third kappa shape index (κ3) is 4.23. The second kappa shape index (κ2) is 7.79. The summed E-state index contributed by atoms with van der Waals surface area (Å²) in [5.74, 6) is 1.87. The summed E-state index contributed by atoms with van der Waals surface area (Å²) in [6, 6.07) is 12.8. The molecule has 1 aliphatic heterocycles. The van der Waals surface area contributed by atoms with Crippen molar-refractivity contribution in [2.24, 2.45) is 0 Å². The number of urea groups is 1. The van der Waals surface area contributed by atoms with E-state index in [4.69, 9.17) is 9.47 Å². The topological polar surface area (TPSA) is 63.7 Å². The number of nitrogens with zero attached hydrogens (tertiary/aromatic N) is 2. The number of hydrogen-bond acceptors (Lipinski definition) is 4. The Kier molecular flexibility index (Phi) is 5.28. The minimum Gasteiger partial charge on any atom is -0.456 e. The van der Waals surface area contributed by atoms with Crippen LogP contribution < -0.4 is 10.1 Å². The molecular weight excluding hydrogens is 306 g/mol. The summed E-state index contributed by atoms with van der Waals surface area (Å²) >= 11 is 0. The van der Waals surface area contributed by atoms with E-state index in [-0.39, 0.29) is 12.1 Å². The van der Waals surface area contributed by atoms with Crippen molar-refractivity contribution in [1.82, 2.24) is 9.88 Å². The monoisotopic (exact) mass is 327 g/mol. The summed E-state index contributed by atoms with van der Waals surface area (Å²) in [5.41, 5.74) is 0. The maximum Gasteiger partial charge on any atom is 0.323 e. The maximum absolute atomic E-state index is 12.2. The van der Waals surface area contributed by atoms with Gasteiger partial charge in [-0.25, -0.2) is 9.78 Å². The first-order valence-corrected chi connectivity index (χ1v) is 8.11. The highest BCUT2D eigenvalue weighted by Crippen LogP contribution is 2.21. The molecule has 2 aromatic rings. The van der Waals surface area contributed by atoms with Crippen molar-refractivity contribution < 1.29 is 14.3 Å². The molecular formula is C18H21N3O3. The molecule has 0 spiro atoms. The zero-order valence-electron chi connectivity index (χ0n) is 13.6. The molecule has 0 unspecified atom stereocenters. The summed E-state index contributed by atoms with van der Waals surface area (Å²) < 4.78 is 11.2. The van der Waals surface area contributed by atoms with Crippen LogP contribution in [0.25, 0.3) is 0 Å². The van der Waals surface area contributed by atoms with E-state index in [1.54, 1.807) is 23.2 Å². The molecule has 1 aliphatic rings. The van der Waals surface area contributed by atoms with E-state index in [0.717, 1.165) is 12.2 Å². The van der Waals surface area contributed by atoms with Gasteiger partial charge in [0.1, 0.15) is 17.3 Å². The fourth-order valence-electron chi connectivity index (χ4n) is 2.61. The first-order valence-electron chi connectivity index (χ1n) is 8.11. The summed E-state index contributed by atoms with van der Waals surface area (Å²) in [7, 11) is 0. The lowest BCUT2D eigenvalue weighted by Gasteiger charge is -2.17. The SMILES string of the molecule is CCO[C@H]1CCN(C(=O)Nc2ccc(Oc3ccccc3)cn2)C1. The van der Waals surface area contributed by atoms with Crippen molar-refractivity contribution in [2.75, 3.05) is 25.0 Å². The molecule has 2 heterocycles. The second-order valence-corrected chi connectivity index (χ2v) is 5.54. The number of likely N-dealkylation sites (tertiary alicyclic amines) is 1. The molecule has 1 saturated heterocycles. The number of rotatable bonds is 5. The van der Waals surface area contributed by atoms with Crippen LogP contribution in [0.15, 0.2) is 48.7 Å². The highest BCUT2D eigenvalue weighted by molar-refractivity contribution is 5.88. The van der Waals surface area contributed by atoms with Crippen LogP contribution in [0, 0.1) is 0 Å². The van der Waals surface area contributed by atoms with E-state index < -0.39 is 0 Å². The molecule has 126 valence electrons. The lowest BCUT2D eigenvalue weighted by atomic mass is 10.3. The van der Waals surface area contributed by atoms with Crippen molar-refractivity contribution >= 4 is 11.8 Å². The Morgan fingerprint density at radius 3 is 2.79 bits per heavy atom. The molecule has 0 radical (unpaired) electrons. The van der Waals surface area contributed by atoms with Gasteiger partial charge in [-0.05, 0) is 37.6 Å². The summed E-state index contributed by atoms with van der Waals surface area (Å²) in [5, 5.41) is 2.80. The molecule has 3 rings (SSSR count). The normalized spacial score (nSPS) is 16.9. The van der Waals surface area contributed by atoms with Crippen LogP contribution in [0.4, 0.5) is 10.6 Å². The predicted octanol–water partition coefficient (Wildman–Crippen LogP) is 3.52. The van der Waals surface area contributed by atoms with Crippen molar-refractivity contribution in [2.45, 2.75) is 19.4 Å². The largest absolute Gasteiger partial charge is 0.456 e. The predicted molar refractivity (Wildman–Crippen MR) is 91.4 cm³/mol.